The lowest BCUT2D eigenvalue weighted by Gasteiger charge is -2.29. The predicted molar refractivity (Wildman–Crippen MR) is 114 cm³/mol. The molecule has 1 fully saturated rings. The van der Waals surface area contributed by atoms with Crippen LogP contribution in [0.15, 0.2) is 53.0 Å². The fourth-order valence-corrected chi connectivity index (χ4v) is 3.78. The molecular weight excluding hydrogens is 404 g/mol. The molecule has 0 spiro atoms. The lowest BCUT2D eigenvalue weighted by molar-refractivity contribution is -0.111. The molecule has 0 bridgehead atoms. The first-order valence-electron chi connectivity index (χ1n) is 9.16. The van der Waals surface area contributed by atoms with Crippen molar-refractivity contribution in [3.63, 3.8) is 0 Å². The van der Waals surface area contributed by atoms with E-state index in [1.165, 1.54) is 11.6 Å². The highest BCUT2D eigenvalue weighted by Gasteiger charge is 2.18. The average Bonchev–Trinajstić information content (AvgIpc) is 2.67. The molecule has 3 rings (SSSR count). The van der Waals surface area contributed by atoms with Crippen molar-refractivity contribution >= 4 is 33.6 Å². The highest BCUT2D eigenvalue weighted by Crippen LogP contribution is 2.29. The zero-order chi connectivity index (χ0) is 19.2. The van der Waals surface area contributed by atoms with Crippen LogP contribution in [0.3, 0.4) is 0 Å². The zero-order valence-electron chi connectivity index (χ0n) is 15.7. The number of hydrogen-bond acceptors (Lipinski definition) is 3. The van der Waals surface area contributed by atoms with Gasteiger partial charge in [-0.25, -0.2) is 0 Å². The Morgan fingerprint density at radius 2 is 2.00 bits per heavy atom. The van der Waals surface area contributed by atoms with Crippen molar-refractivity contribution in [3.05, 3.63) is 64.1 Å². The van der Waals surface area contributed by atoms with E-state index in [4.69, 9.17) is 4.74 Å². The summed E-state index contributed by atoms with van der Waals surface area (Å²) in [6, 6.07) is 13.9. The van der Waals surface area contributed by atoms with Crippen LogP contribution in [-0.4, -0.2) is 38.1 Å². The van der Waals surface area contributed by atoms with E-state index in [2.05, 4.69) is 45.3 Å². The number of benzene rings is 2. The Kier molecular flexibility index (Phi) is 6.69. The smallest absolute Gasteiger partial charge is 0.248 e. The van der Waals surface area contributed by atoms with Gasteiger partial charge in [0.15, 0.2) is 0 Å². The maximum atomic E-state index is 12.3. The van der Waals surface area contributed by atoms with E-state index >= 15 is 0 Å². The summed E-state index contributed by atoms with van der Waals surface area (Å²) in [5.74, 6) is 1.14. The highest BCUT2D eigenvalue weighted by atomic mass is 79.9. The number of carbonyl (C=O) groups is 1. The van der Waals surface area contributed by atoms with Gasteiger partial charge in [0.05, 0.1) is 7.11 Å². The van der Waals surface area contributed by atoms with E-state index in [0.29, 0.717) is 5.92 Å². The van der Waals surface area contributed by atoms with Crippen LogP contribution in [0, 0.1) is 0 Å². The quantitative estimate of drug-likeness (QED) is 0.687. The van der Waals surface area contributed by atoms with Crippen molar-refractivity contribution in [3.8, 4) is 5.75 Å². The molecule has 1 amide bonds. The van der Waals surface area contributed by atoms with E-state index in [1.54, 1.807) is 13.2 Å². The third-order valence-corrected chi connectivity index (χ3v) is 5.44. The molecule has 0 aromatic heterocycles. The third kappa shape index (κ3) is 5.44. The molecule has 4 nitrogen and oxygen atoms in total. The zero-order valence-corrected chi connectivity index (χ0v) is 17.3. The topological polar surface area (TPSA) is 41.6 Å². The van der Waals surface area contributed by atoms with Crippen molar-refractivity contribution in [2.24, 2.45) is 0 Å². The number of ether oxygens (including phenoxy) is 1. The molecular formula is C22H25BrN2O2. The molecule has 1 heterocycles. The first-order chi connectivity index (χ1) is 13.0. The van der Waals surface area contributed by atoms with Crippen molar-refractivity contribution in [1.29, 1.82) is 0 Å². The third-order valence-electron chi connectivity index (χ3n) is 4.95. The summed E-state index contributed by atoms with van der Waals surface area (Å²) in [5.41, 5.74) is 2.99. The second-order valence-electron chi connectivity index (χ2n) is 6.91. The van der Waals surface area contributed by atoms with Gasteiger partial charge in [-0.2, -0.15) is 0 Å². The predicted octanol–water partition coefficient (Wildman–Crippen LogP) is 4.92. The van der Waals surface area contributed by atoms with Gasteiger partial charge in [0.1, 0.15) is 5.75 Å². The molecule has 0 radical (unpaired) electrons. The van der Waals surface area contributed by atoms with E-state index in [0.717, 1.165) is 47.4 Å². The fourth-order valence-electron chi connectivity index (χ4n) is 3.40. The van der Waals surface area contributed by atoms with E-state index < -0.39 is 0 Å². The summed E-state index contributed by atoms with van der Waals surface area (Å²) < 4.78 is 6.27. The molecule has 2 aromatic carbocycles. The molecule has 142 valence electrons. The van der Waals surface area contributed by atoms with Crippen LogP contribution in [0.1, 0.15) is 29.9 Å². The Morgan fingerprint density at radius 3 is 2.74 bits per heavy atom. The number of nitrogens with one attached hydrogen (secondary N) is 1. The molecule has 1 aliphatic heterocycles. The average molecular weight is 429 g/mol. The Morgan fingerprint density at radius 1 is 1.22 bits per heavy atom. The summed E-state index contributed by atoms with van der Waals surface area (Å²) in [4.78, 5) is 14.7. The minimum absolute atomic E-state index is 0.155. The number of nitrogens with zero attached hydrogens (tertiary/aromatic N) is 1. The van der Waals surface area contributed by atoms with Crippen LogP contribution in [0.2, 0.25) is 0 Å². The molecule has 0 saturated carbocycles. The van der Waals surface area contributed by atoms with Crippen molar-refractivity contribution in [2.45, 2.75) is 18.8 Å². The fraction of sp³-hybridized carbons (Fsp3) is 0.318. The molecule has 5 heteroatoms. The van der Waals surface area contributed by atoms with E-state index in [9.17, 15) is 4.79 Å². The monoisotopic (exact) mass is 428 g/mol. The van der Waals surface area contributed by atoms with Crippen molar-refractivity contribution in [1.82, 2.24) is 4.90 Å². The van der Waals surface area contributed by atoms with Gasteiger partial charge in [-0.05, 0) is 80.9 Å². The van der Waals surface area contributed by atoms with Crippen molar-refractivity contribution in [2.75, 3.05) is 32.6 Å². The van der Waals surface area contributed by atoms with Crippen LogP contribution in [0.25, 0.3) is 6.08 Å². The summed E-state index contributed by atoms with van der Waals surface area (Å²) in [5, 5.41) is 2.96. The highest BCUT2D eigenvalue weighted by molar-refractivity contribution is 9.10. The largest absolute Gasteiger partial charge is 0.496 e. The number of likely N-dealkylation sites (tertiary alicyclic amines) is 1. The van der Waals surface area contributed by atoms with Crippen LogP contribution >= 0.6 is 15.9 Å². The summed E-state index contributed by atoms with van der Waals surface area (Å²) >= 11 is 3.44. The van der Waals surface area contributed by atoms with Crippen molar-refractivity contribution < 1.29 is 9.53 Å². The lowest BCUT2D eigenvalue weighted by Crippen LogP contribution is -2.29. The number of rotatable bonds is 5. The normalized spacial score (nSPS) is 15.8. The maximum Gasteiger partial charge on any atom is 0.248 e. The number of amides is 1. The molecule has 1 aliphatic rings. The van der Waals surface area contributed by atoms with E-state index in [-0.39, 0.29) is 5.91 Å². The number of halogens is 1. The minimum Gasteiger partial charge on any atom is -0.496 e. The summed E-state index contributed by atoms with van der Waals surface area (Å²) in [6.45, 7) is 2.25. The van der Waals surface area contributed by atoms with Gasteiger partial charge in [0.25, 0.3) is 0 Å². The van der Waals surface area contributed by atoms with Gasteiger partial charge in [0, 0.05) is 21.8 Å². The van der Waals surface area contributed by atoms with Crippen LogP contribution in [-0.2, 0) is 4.79 Å². The first kappa shape index (κ1) is 19.6. The second kappa shape index (κ2) is 9.20. The van der Waals surface area contributed by atoms with E-state index in [1.807, 2.05) is 30.3 Å². The Labute approximate surface area is 169 Å². The van der Waals surface area contributed by atoms with Gasteiger partial charge in [-0.3, -0.25) is 4.79 Å². The van der Waals surface area contributed by atoms with Gasteiger partial charge in [-0.1, -0.05) is 28.1 Å². The minimum atomic E-state index is -0.155. The Balaban J connectivity index is 1.66. The number of anilines is 1. The molecule has 0 unspecified atom stereocenters. The standard InChI is InChI=1S/C22H25BrN2O2/c1-25-12-10-16(11-13-25)17-4-3-5-20(15-17)24-22(26)9-6-18-14-19(23)7-8-21(18)27-2/h3-9,14-16H,10-13H2,1-2H3,(H,24,26)/b9-6+. The maximum absolute atomic E-state index is 12.3. The Hall–Kier alpha value is -2.11. The molecule has 1 saturated heterocycles. The summed E-state index contributed by atoms with van der Waals surface area (Å²) in [7, 11) is 3.79. The molecule has 0 atom stereocenters. The van der Waals surface area contributed by atoms with Gasteiger partial charge >= 0.3 is 0 Å². The number of carbonyl (C=O) groups excluding carboxylic acids is 1. The Bertz CT molecular complexity index is 827. The van der Waals surface area contributed by atoms with Gasteiger partial charge in [-0.15, -0.1) is 0 Å². The summed E-state index contributed by atoms with van der Waals surface area (Å²) in [6.07, 6.45) is 5.62. The van der Waals surface area contributed by atoms with Gasteiger partial charge in [0.2, 0.25) is 5.91 Å². The molecule has 1 N–H and O–H groups in total. The SMILES string of the molecule is COc1ccc(Br)cc1/C=C/C(=O)Nc1cccc(C2CCN(C)CC2)c1. The van der Waals surface area contributed by atoms with Crippen LogP contribution < -0.4 is 10.1 Å². The number of methoxy groups -OCH3 is 1. The van der Waals surface area contributed by atoms with Crippen LogP contribution in [0.4, 0.5) is 5.69 Å². The molecule has 27 heavy (non-hydrogen) atoms. The molecule has 0 aliphatic carbocycles. The molecule has 2 aromatic rings. The first-order valence-corrected chi connectivity index (χ1v) is 9.95. The van der Waals surface area contributed by atoms with Crippen LogP contribution in [0.5, 0.6) is 5.75 Å². The second-order valence-corrected chi connectivity index (χ2v) is 7.83. The number of hydrogen-bond donors (Lipinski definition) is 1. The number of piperidine rings is 1. The van der Waals surface area contributed by atoms with Gasteiger partial charge < -0.3 is 15.0 Å². The lowest BCUT2D eigenvalue weighted by atomic mass is 9.89.